The van der Waals surface area contributed by atoms with Gasteiger partial charge in [0.1, 0.15) is 9.77 Å². The quantitative estimate of drug-likeness (QED) is 0.783. The molecule has 1 fully saturated rings. The summed E-state index contributed by atoms with van der Waals surface area (Å²) in [4.78, 5) is 11.9. The van der Waals surface area contributed by atoms with Crippen molar-refractivity contribution in [2.45, 2.75) is 23.8 Å². The molecule has 1 N–H and O–H groups in total. The second-order valence-electron chi connectivity index (χ2n) is 4.76. The summed E-state index contributed by atoms with van der Waals surface area (Å²) in [5.41, 5.74) is 0. The number of nitrogens with zero attached hydrogens (tertiary/aromatic N) is 1. The van der Waals surface area contributed by atoms with Gasteiger partial charge >= 0.3 is 5.97 Å². The standard InChI is InChI=1S/C12H17BrN2O4S2/c1-15(8-4-3-5-14-7-8)21(17,18)10-6-9(12(16)19-2)20-11(10)13/h6,8,14H,3-5,7H2,1-2H3. The van der Waals surface area contributed by atoms with Crippen LogP contribution in [-0.4, -0.2) is 52.0 Å². The summed E-state index contributed by atoms with van der Waals surface area (Å²) < 4.78 is 31.8. The van der Waals surface area contributed by atoms with Crippen molar-refractivity contribution < 1.29 is 17.9 Å². The van der Waals surface area contributed by atoms with Crippen molar-refractivity contribution in [3.8, 4) is 0 Å². The van der Waals surface area contributed by atoms with E-state index in [4.69, 9.17) is 0 Å². The van der Waals surface area contributed by atoms with Crippen molar-refractivity contribution in [1.29, 1.82) is 0 Å². The van der Waals surface area contributed by atoms with Gasteiger partial charge in [-0.2, -0.15) is 4.31 Å². The zero-order valence-electron chi connectivity index (χ0n) is 11.8. The van der Waals surface area contributed by atoms with E-state index in [1.54, 1.807) is 7.05 Å². The van der Waals surface area contributed by atoms with Crippen molar-refractivity contribution in [2.75, 3.05) is 27.2 Å². The van der Waals surface area contributed by atoms with Gasteiger partial charge in [0, 0.05) is 19.6 Å². The number of esters is 1. The number of piperidine rings is 1. The van der Waals surface area contributed by atoms with Gasteiger partial charge in [-0.15, -0.1) is 11.3 Å². The Balaban J connectivity index is 2.30. The lowest BCUT2D eigenvalue weighted by molar-refractivity contribution is 0.0606. The van der Waals surface area contributed by atoms with Crippen LogP contribution in [0.3, 0.4) is 0 Å². The molecule has 1 aromatic rings. The number of methoxy groups -OCH3 is 1. The molecule has 0 aromatic carbocycles. The lowest BCUT2D eigenvalue weighted by atomic mass is 10.1. The predicted molar refractivity (Wildman–Crippen MR) is 84.2 cm³/mol. The number of rotatable bonds is 4. The Kier molecular flexibility index (Phi) is 5.42. The van der Waals surface area contributed by atoms with Gasteiger partial charge in [0.2, 0.25) is 10.0 Å². The molecule has 1 saturated heterocycles. The molecule has 0 spiro atoms. The third kappa shape index (κ3) is 3.48. The van der Waals surface area contributed by atoms with Gasteiger partial charge in [0.15, 0.2) is 0 Å². The van der Waals surface area contributed by atoms with Crippen LogP contribution in [-0.2, 0) is 14.8 Å². The third-order valence-electron chi connectivity index (χ3n) is 3.48. The fourth-order valence-electron chi connectivity index (χ4n) is 2.22. The minimum Gasteiger partial charge on any atom is -0.465 e. The number of carbonyl (C=O) groups excluding carboxylic acids is 1. The summed E-state index contributed by atoms with van der Waals surface area (Å²) >= 11 is 4.29. The molecule has 1 aliphatic rings. The highest BCUT2D eigenvalue weighted by Gasteiger charge is 2.32. The average molecular weight is 397 g/mol. The average Bonchev–Trinajstić information content (AvgIpc) is 2.89. The first-order chi connectivity index (χ1) is 9.87. The van der Waals surface area contributed by atoms with Crippen LogP contribution in [0.4, 0.5) is 0 Å². The lowest BCUT2D eigenvalue weighted by Crippen LogP contribution is -2.46. The molecule has 21 heavy (non-hydrogen) atoms. The maximum absolute atomic E-state index is 12.7. The largest absolute Gasteiger partial charge is 0.465 e. The highest BCUT2D eigenvalue weighted by Crippen LogP contribution is 2.34. The van der Waals surface area contributed by atoms with Crippen LogP contribution in [0.2, 0.25) is 0 Å². The first kappa shape index (κ1) is 16.9. The van der Waals surface area contributed by atoms with E-state index in [9.17, 15) is 13.2 Å². The molecular weight excluding hydrogens is 380 g/mol. The van der Waals surface area contributed by atoms with Crippen molar-refractivity contribution in [3.05, 3.63) is 14.7 Å². The minimum atomic E-state index is -3.64. The zero-order valence-corrected chi connectivity index (χ0v) is 15.0. The molecule has 118 valence electrons. The Labute approximate surface area is 136 Å². The highest BCUT2D eigenvalue weighted by atomic mass is 79.9. The maximum atomic E-state index is 12.7. The Morgan fingerprint density at radius 3 is 2.86 bits per heavy atom. The summed E-state index contributed by atoms with van der Waals surface area (Å²) in [5, 5.41) is 3.20. The van der Waals surface area contributed by atoms with Gasteiger partial charge in [0.25, 0.3) is 0 Å². The van der Waals surface area contributed by atoms with E-state index in [-0.39, 0.29) is 15.8 Å². The molecule has 9 heteroatoms. The number of halogens is 1. The molecule has 1 aromatic heterocycles. The van der Waals surface area contributed by atoms with Crippen LogP contribution < -0.4 is 5.32 Å². The van der Waals surface area contributed by atoms with E-state index in [0.717, 1.165) is 30.7 Å². The number of hydrogen-bond donors (Lipinski definition) is 1. The van der Waals surface area contributed by atoms with Crippen LogP contribution in [0.15, 0.2) is 14.7 Å². The molecule has 2 heterocycles. The lowest BCUT2D eigenvalue weighted by Gasteiger charge is -2.30. The Hall–Kier alpha value is -0.480. The van der Waals surface area contributed by atoms with Crippen LogP contribution in [0, 0.1) is 0 Å². The number of likely N-dealkylation sites (N-methyl/N-ethyl adjacent to an activating group) is 1. The Morgan fingerprint density at radius 2 is 2.29 bits per heavy atom. The van der Waals surface area contributed by atoms with Crippen LogP contribution >= 0.6 is 27.3 Å². The summed E-state index contributed by atoms with van der Waals surface area (Å²) in [6, 6.07) is 1.29. The molecule has 1 unspecified atom stereocenters. The number of nitrogens with one attached hydrogen (secondary N) is 1. The predicted octanol–water partition coefficient (Wildman–Crippen LogP) is 1.67. The van der Waals surface area contributed by atoms with Crippen LogP contribution in [0.25, 0.3) is 0 Å². The Bertz CT molecular complexity index is 623. The molecule has 0 bridgehead atoms. The minimum absolute atomic E-state index is 0.0721. The van der Waals surface area contributed by atoms with Gasteiger partial charge in [0.05, 0.1) is 10.9 Å². The molecule has 0 amide bonds. The summed E-state index contributed by atoms with van der Waals surface area (Å²) in [7, 11) is -0.795. The first-order valence-electron chi connectivity index (χ1n) is 6.44. The van der Waals surface area contributed by atoms with Crippen molar-refractivity contribution in [2.24, 2.45) is 0 Å². The fraction of sp³-hybridized carbons (Fsp3) is 0.583. The second-order valence-corrected chi connectivity index (χ2v) is 9.10. The fourth-order valence-corrected chi connectivity index (χ4v) is 6.04. The molecule has 0 aliphatic carbocycles. The smallest absolute Gasteiger partial charge is 0.348 e. The third-order valence-corrected chi connectivity index (χ3v) is 7.63. The van der Waals surface area contributed by atoms with Crippen LogP contribution in [0.1, 0.15) is 22.5 Å². The number of ether oxygens (including phenoxy) is 1. The highest BCUT2D eigenvalue weighted by molar-refractivity contribution is 9.11. The number of thiophene rings is 1. The first-order valence-corrected chi connectivity index (χ1v) is 9.49. The topological polar surface area (TPSA) is 75.7 Å². The van der Waals surface area contributed by atoms with E-state index in [1.165, 1.54) is 17.5 Å². The number of carbonyl (C=O) groups is 1. The van der Waals surface area contributed by atoms with Crippen molar-refractivity contribution >= 4 is 43.3 Å². The van der Waals surface area contributed by atoms with E-state index >= 15 is 0 Å². The molecule has 1 aliphatic heterocycles. The molecule has 1 atom stereocenters. The van der Waals surface area contributed by atoms with Crippen LogP contribution in [0.5, 0.6) is 0 Å². The monoisotopic (exact) mass is 396 g/mol. The molecule has 6 nitrogen and oxygen atoms in total. The Morgan fingerprint density at radius 1 is 1.57 bits per heavy atom. The van der Waals surface area contributed by atoms with E-state index < -0.39 is 16.0 Å². The maximum Gasteiger partial charge on any atom is 0.348 e. The second kappa shape index (κ2) is 6.74. The van der Waals surface area contributed by atoms with E-state index in [1.807, 2.05) is 0 Å². The summed E-state index contributed by atoms with van der Waals surface area (Å²) in [6.07, 6.45) is 1.77. The summed E-state index contributed by atoms with van der Waals surface area (Å²) in [5.74, 6) is -0.538. The van der Waals surface area contributed by atoms with Gasteiger partial charge in [-0.1, -0.05) is 0 Å². The molecule has 0 saturated carbocycles. The van der Waals surface area contributed by atoms with Gasteiger partial charge in [-0.3, -0.25) is 0 Å². The molecule has 0 radical (unpaired) electrons. The number of sulfonamides is 1. The zero-order chi connectivity index (χ0) is 15.6. The molecule has 2 rings (SSSR count). The van der Waals surface area contributed by atoms with Gasteiger partial charge in [-0.05, 0) is 41.4 Å². The van der Waals surface area contributed by atoms with Crippen molar-refractivity contribution in [3.63, 3.8) is 0 Å². The van der Waals surface area contributed by atoms with E-state index in [0.29, 0.717) is 10.3 Å². The SMILES string of the molecule is COC(=O)c1cc(S(=O)(=O)N(C)C2CCCNC2)c(Br)s1. The summed E-state index contributed by atoms with van der Waals surface area (Å²) in [6.45, 7) is 1.56. The van der Waals surface area contributed by atoms with E-state index in [2.05, 4.69) is 26.0 Å². The van der Waals surface area contributed by atoms with Gasteiger partial charge < -0.3 is 10.1 Å². The molecular formula is C12H17BrN2O4S2. The normalized spacial score (nSPS) is 19.7. The number of hydrogen-bond acceptors (Lipinski definition) is 6. The van der Waals surface area contributed by atoms with Crippen molar-refractivity contribution in [1.82, 2.24) is 9.62 Å². The van der Waals surface area contributed by atoms with Gasteiger partial charge in [-0.25, -0.2) is 13.2 Å².